The number of carbonyl (C=O) groups is 2. The van der Waals surface area contributed by atoms with Crippen molar-refractivity contribution in [3.05, 3.63) is 64.7 Å². The van der Waals surface area contributed by atoms with E-state index >= 15 is 0 Å². The molecule has 2 aromatic rings. The van der Waals surface area contributed by atoms with Gasteiger partial charge in [-0.1, -0.05) is 36.4 Å². The van der Waals surface area contributed by atoms with Crippen LogP contribution in [0.15, 0.2) is 42.5 Å². The first-order valence-electron chi connectivity index (χ1n) is 7.44. The number of hydrogen-bond acceptors (Lipinski definition) is 5. The van der Waals surface area contributed by atoms with Gasteiger partial charge in [0.1, 0.15) is 6.23 Å². The van der Waals surface area contributed by atoms with Gasteiger partial charge in [-0.15, -0.1) is 0 Å². The lowest BCUT2D eigenvalue weighted by Gasteiger charge is -2.23. The van der Waals surface area contributed by atoms with E-state index in [1.165, 1.54) is 0 Å². The summed E-state index contributed by atoms with van der Waals surface area (Å²) in [6.07, 6.45) is -0.395. The normalized spacial score (nSPS) is 14.2. The zero-order chi connectivity index (χ0) is 16.4. The van der Waals surface area contributed by atoms with Gasteiger partial charge in [-0.25, -0.2) is 0 Å². The number of benzene rings is 2. The Morgan fingerprint density at radius 2 is 1.65 bits per heavy atom. The fourth-order valence-electron chi connectivity index (χ4n) is 2.76. The van der Waals surface area contributed by atoms with Crippen LogP contribution in [0.2, 0.25) is 0 Å². The minimum atomic E-state index is -0.395. The van der Waals surface area contributed by atoms with Crippen LogP contribution in [0.1, 0.15) is 38.8 Å². The van der Waals surface area contributed by atoms with Crippen molar-refractivity contribution in [3.63, 3.8) is 0 Å². The smallest absolute Gasteiger partial charge is 0.196 e. The molecule has 0 saturated heterocycles. The van der Waals surface area contributed by atoms with E-state index < -0.39 is 6.23 Å². The number of ether oxygens (including phenoxy) is 1. The molecule has 5 nitrogen and oxygen atoms in total. The number of fused-ring (bicyclic) bond motifs is 2. The number of anilines is 1. The van der Waals surface area contributed by atoms with Gasteiger partial charge in [-0.2, -0.15) is 0 Å². The maximum Gasteiger partial charge on any atom is 0.196 e. The molecule has 0 bridgehead atoms. The average Bonchev–Trinajstić information content (AvgIpc) is 2.57. The molecule has 5 heteroatoms. The van der Waals surface area contributed by atoms with Gasteiger partial charge in [0.25, 0.3) is 0 Å². The van der Waals surface area contributed by atoms with Crippen molar-refractivity contribution in [2.45, 2.75) is 13.2 Å². The van der Waals surface area contributed by atoms with Gasteiger partial charge in [0.15, 0.2) is 11.6 Å². The highest BCUT2D eigenvalue weighted by Crippen LogP contribution is 2.32. The summed E-state index contributed by atoms with van der Waals surface area (Å²) in [5.41, 5.74) is 2.18. The van der Waals surface area contributed by atoms with Crippen LogP contribution < -0.4 is 5.32 Å². The van der Waals surface area contributed by atoms with Crippen molar-refractivity contribution in [1.29, 1.82) is 0 Å². The van der Waals surface area contributed by atoms with Crippen LogP contribution >= 0.6 is 0 Å². The average molecular weight is 311 g/mol. The molecule has 1 unspecified atom stereocenters. The van der Waals surface area contributed by atoms with Crippen LogP contribution in [0.3, 0.4) is 0 Å². The Hall–Kier alpha value is -2.50. The van der Waals surface area contributed by atoms with Gasteiger partial charge in [-0.3, -0.25) is 9.59 Å². The molecule has 118 valence electrons. The molecule has 0 aliphatic heterocycles. The quantitative estimate of drug-likeness (QED) is 0.707. The third-order valence-corrected chi connectivity index (χ3v) is 3.77. The van der Waals surface area contributed by atoms with Crippen molar-refractivity contribution in [2.75, 3.05) is 18.5 Å². The number of aliphatic hydroxyl groups is 1. The summed E-state index contributed by atoms with van der Waals surface area (Å²) < 4.78 is 5.36. The molecule has 23 heavy (non-hydrogen) atoms. The molecule has 0 fully saturated rings. The van der Waals surface area contributed by atoms with Gasteiger partial charge in [-0.05, 0) is 13.0 Å². The molecule has 0 amide bonds. The second-order valence-electron chi connectivity index (χ2n) is 5.31. The number of carbonyl (C=O) groups excluding carboxylic acids is 2. The van der Waals surface area contributed by atoms with E-state index in [0.717, 1.165) is 0 Å². The molecule has 2 aromatic carbocycles. The fourth-order valence-corrected chi connectivity index (χ4v) is 2.76. The number of ketones is 2. The standard InChI is InChI=1S/C18H17NO4/c1-11(23-10-9-20)19-15-8-4-7-14-16(15)18(22)13-6-3-2-5-12(13)17(14)21/h2-8,11,19-20H,9-10H2,1H3. The summed E-state index contributed by atoms with van der Waals surface area (Å²) in [5.74, 6) is -0.324. The largest absolute Gasteiger partial charge is 0.394 e. The van der Waals surface area contributed by atoms with E-state index in [9.17, 15) is 9.59 Å². The highest BCUT2D eigenvalue weighted by molar-refractivity contribution is 6.30. The zero-order valence-electron chi connectivity index (χ0n) is 12.7. The number of rotatable bonds is 5. The second-order valence-corrected chi connectivity index (χ2v) is 5.31. The van der Waals surface area contributed by atoms with Crippen LogP contribution in [0.25, 0.3) is 0 Å². The van der Waals surface area contributed by atoms with Crippen molar-refractivity contribution in [3.8, 4) is 0 Å². The number of aliphatic hydroxyl groups excluding tert-OH is 1. The van der Waals surface area contributed by atoms with Gasteiger partial charge < -0.3 is 15.2 Å². The summed E-state index contributed by atoms with van der Waals surface area (Å²) in [7, 11) is 0. The summed E-state index contributed by atoms with van der Waals surface area (Å²) in [5, 5.41) is 11.9. The van der Waals surface area contributed by atoms with E-state index in [-0.39, 0.29) is 24.8 Å². The Kier molecular flexibility index (Phi) is 4.23. The van der Waals surface area contributed by atoms with Crippen LogP contribution in [0.4, 0.5) is 5.69 Å². The lowest BCUT2D eigenvalue weighted by atomic mass is 9.83. The third-order valence-electron chi connectivity index (χ3n) is 3.77. The van der Waals surface area contributed by atoms with E-state index in [1.807, 2.05) is 0 Å². The Bertz CT molecular complexity index is 769. The van der Waals surface area contributed by atoms with Gasteiger partial charge in [0.2, 0.25) is 0 Å². The van der Waals surface area contributed by atoms with E-state index in [2.05, 4.69) is 5.32 Å². The highest BCUT2D eigenvalue weighted by atomic mass is 16.5. The molecule has 1 aliphatic rings. The minimum Gasteiger partial charge on any atom is -0.394 e. The summed E-state index contributed by atoms with van der Waals surface area (Å²) in [6.45, 7) is 1.89. The van der Waals surface area contributed by atoms with E-state index in [0.29, 0.717) is 27.9 Å². The van der Waals surface area contributed by atoms with Crippen LogP contribution in [0, 0.1) is 0 Å². The SMILES string of the molecule is CC(Nc1cccc2c1C(=O)c1ccccc1C2=O)OCCO. The minimum absolute atomic E-state index is 0.0797. The molecule has 0 saturated carbocycles. The van der Waals surface area contributed by atoms with Crippen molar-refractivity contribution >= 4 is 17.3 Å². The predicted octanol–water partition coefficient (Wildman–Crippen LogP) is 2.23. The fraction of sp³-hybridized carbons (Fsp3) is 0.222. The first-order chi connectivity index (χ1) is 11.1. The van der Waals surface area contributed by atoms with Crippen molar-refractivity contribution in [1.82, 2.24) is 0 Å². The summed E-state index contributed by atoms with van der Waals surface area (Å²) in [6, 6.07) is 12.0. The van der Waals surface area contributed by atoms with Crippen LogP contribution in [-0.4, -0.2) is 36.1 Å². The first kappa shape index (κ1) is 15.4. The summed E-state index contributed by atoms with van der Waals surface area (Å²) >= 11 is 0. The first-order valence-corrected chi connectivity index (χ1v) is 7.44. The van der Waals surface area contributed by atoms with Crippen LogP contribution in [-0.2, 0) is 4.74 Å². The lowest BCUT2D eigenvalue weighted by molar-refractivity contribution is 0.0541. The molecule has 0 heterocycles. The topological polar surface area (TPSA) is 75.6 Å². The maximum absolute atomic E-state index is 12.8. The molecular weight excluding hydrogens is 294 g/mol. The molecule has 1 aliphatic carbocycles. The van der Waals surface area contributed by atoms with Gasteiger partial charge in [0.05, 0.1) is 18.8 Å². The Morgan fingerprint density at radius 1 is 1.00 bits per heavy atom. The highest BCUT2D eigenvalue weighted by Gasteiger charge is 2.31. The lowest BCUT2D eigenvalue weighted by Crippen LogP contribution is -2.26. The number of hydrogen-bond donors (Lipinski definition) is 2. The Balaban J connectivity index is 2.01. The zero-order valence-corrected chi connectivity index (χ0v) is 12.7. The van der Waals surface area contributed by atoms with E-state index in [1.54, 1.807) is 49.4 Å². The molecule has 0 spiro atoms. The second kappa shape index (κ2) is 6.32. The Morgan fingerprint density at radius 3 is 2.35 bits per heavy atom. The summed E-state index contributed by atoms with van der Waals surface area (Å²) in [4.78, 5) is 25.4. The molecular formula is C18H17NO4. The van der Waals surface area contributed by atoms with Gasteiger partial charge in [0, 0.05) is 22.4 Å². The molecule has 0 radical (unpaired) electrons. The van der Waals surface area contributed by atoms with E-state index in [4.69, 9.17) is 9.84 Å². The monoisotopic (exact) mass is 311 g/mol. The van der Waals surface area contributed by atoms with Gasteiger partial charge >= 0.3 is 0 Å². The molecule has 2 N–H and O–H groups in total. The molecule has 1 atom stereocenters. The van der Waals surface area contributed by atoms with Crippen LogP contribution in [0.5, 0.6) is 0 Å². The maximum atomic E-state index is 12.8. The number of nitrogens with one attached hydrogen (secondary N) is 1. The third kappa shape index (κ3) is 2.76. The van der Waals surface area contributed by atoms with Crippen molar-refractivity contribution < 1.29 is 19.4 Å². The molecule has 3 rings (SSSR count). The van der Waals surface area contributed by atoms with Crippen molar-refractivity contribution in [2.24, 2.45) is 0 Å². The Labute approximate surface area is 133 Å². The predicted molar refractivity (Wildman–Crippen MR) is 85.9 cm³/mol. The molecule has 0 aromatic heterocycles.